The number of hydrogen-bond donors (Lipinski definition) is 1. The number of methoxy groups -OCH3 is 1. The van der Waals surface area contributed by atoms with Gasteiger partial charge in [0.15, 0.2) is 5.82 Å². The van der Waals surface area contributed by atoms with Gasteiger partial charge in [-0.05, 0) is 0 Å². The van der Waals surface area contributed by atoms with Crippen molar-refractivity contribution in [3.8, 4) is 22.5 Å². The van der Waals surface area contributed by atoms with Gasteiger partial charge in [-0.1, -0.05) is 67.6 Å². The van der Waals surface area contributed by atoms with Crippen molar-refractivity contribution in [3.63, 3.8) is 0 Å². The lowest BCUT2D eigenvalue weighted by molar-refractivity contribution is -0.241. The fourth-order valence-electron chi connectivity index (χ4n) is 3.36. The molecule has 4 rings (SSSR count). The lowest BCUT2D eigenvalue weighted by Gasteiger charge is -2.35. The molecule has 5 nitrogen and oxygen atoms in total. The lowest BCUT2D eigenvalue weighted by atomic mass is 9.93. The number of ether oxygens (including phenoxy) is 3. The molecule has 1 aliphatic heterocycles. The van der Waals surface area contributed by atoms with Crippen LogP contribution in [0.2, 0.25) is 0 Å². The highest BCUT2D eigenvalue weighted by Crippen LogP contribution is 2.35. The standard InChI is InChI=1S/C22H24N2O3/c1-22(13-25-2)14-26-21(27-15-22)20-23-18(16-9-5-3-6-10-16)19(24-20)17-11-7-4-8-12-17/h3-12,21H,13-15H2,1-2H3,(H,23,24)/t21-,22-. The van der Waals surface area contributed by atoms with Crippen LogP contribution in [0.3, 0.4) is 0 Å². The van der Waals surface area contributed by atoms with Gasteiger partial charge in [-0.15, -0.1) is 0 Å². The summed E-state index contributed by atoms with van der Waals surface area (Å²) in [4.78, 5) is 8.27. The van der Waals surface area contributed by atoms with E-state index in [0.29, 0.717) is 25.6 Å². The Hall–Kier alpha value is -2.47. The molecule has 2 heterocycles. The Balaban J connectivity index is 1.66. The lowest BCUT2D eigenvalue weighted by Crippen LogP contribution is -2.39. The fourth-order valence-corrected chi connectivity index (χ4v) is 3.36. The van der Waals surface area contributed by atoms with Crippen molar-refractivity contribution in [2.45, 2.75) is 13.2 Å². The molecule has 1 N–H and O–H groups in total. The Morgan fingerprint density at radius 3 is 2.19 bits per heavy atom. The molecule has 27 heavy (non-hydrogen) atoms. The average Bonchev–Trinajstić information content (AvgIpc) is 3.15. The summed E-state index contributed by atoms with van der Waals surface area (Å²) in [7, 11) is 1.70. The molecular formula is C22H24N2O3. The Bertz CT molecular complexity index is 812. The summed E-state index contributed by atoms with van der Waals surface area (Å²) in [6.07, 6.45) is -0.505. The summed E-state index contributed by atoms with van der Waals surface area (Å²) in [6.45, 7) is 3.82. The van der Waals surface area contributed by atoms with E-state index in [2.05, 4.69) is 36.2 Å². The summed E-state index contributed by atoms with van der Waals surface area (Å²) in [5.74, 6) is 0.687. The molecular weight excluding hydrogens is 340 g/mol. The minimum Gasteiger partial charge on any atom is -0.384 e. The summed E-state index contributed by atoms with van der Waals surface area (Å²) < 4.78 is 17.2. The van der Waals surface area contributed by atoms with Gasteiger partial charge in [0.1, 0.15) is 0 Å². The van der Waals surface area contributed by atoms with Gasteiger partial charge in [-0.3, -0.25) is 0 Å². The largest absolute Gasteiger partial charge is 0.384 e. The fraction of sp³-hybridized carbons (Fsp3) is 0.318. The van der Waals surface area contributed by atoms with Gasteiger partial charge >= 0.3 is 0 Å². The van der Waals surface area contributed by atoms with Crippen LogP contribution in [-0.4, -0.2) is 36.9 Å². The summed E-state index contributed by atoms with van der Waals surface area (Å²) >= 11 is 0. The molecule has 0 atom stereocenters. The minimum absolute atomic E-state index is 0.137. The van der Waals surface area contributed by atoms with E-state index in [4.69, 9.17) is 19.2 Å². The zero-order chi connectivity index (χ0) is 18.7. The molecule has 5 heteroatoms. The number of H-pyrrole nitrogens is 1. The number of aromatic nitrogens is 2. The number of rotatable bonds is 5. The molecule has 0 aliphatic carbocycles. The van der Waals surface area contributed by atoms with Gasteiger partial charge in [0, 0.05) is 23.7 Å². The zero-order valence-corrected chi connectivity index (χ0v) is 15.6. The maximum Gasteiger partial charge on any atom is 0.217 e. The third kappa shape index (κ3) is 3.81. The maximum atomic E-state index is 5.98. The molecule has 0 bridgehead atoms. The minimum atomic E-state index is -0.505. The quantitative estimate of drug-likeness (QED) is 0.727. The Kier molecular flexibility index (Phi) is 5.07. The van der Waals surface area contributed by atoms with Gasteiger partial charge in [-0.2, -0.15) is 0 Å². The van der Waals surface area contributed by atoms with Crippen LogP contribution in [0.25, 0.3) is 22.5 Å². The van der Waals surface area contributed by atoms with Crippen molar-refractivity contribution in [2.75, 3.05) is 26.9 Å². The summed E-state index contributed by atoms with van der Waals surface area (Å²) in [5, 5.41) is 0. The molecule has 1 fully saturated rings. The Labute approximate surface area is 159 Å². The van der Waals surface area contributed by atoms with E-state index >= 15 is 0 Å². The van der Waals surface area contributed by atoms with Gasteiger partial charge < -0.3 is 19.2 Å². The van der Waals surface area contributed by atoms with E-state index in [1.807, 2.05) is 36.4 Å². The van der Waals surface area contributed by atoms with Crippen LogP contribution >= 0.6 is 0 Å². The monoisotopic (exact) mass is 364 g/mol. The number of aromatic amines is 1. The van der Waals surface area contributed by atoms with Crippen LogP contribution < -0.4 is 0 Å². The van der Waals surface area contributed by atoms with Crippen LogP contribution in [-0.2, 0) is 14.2 Å². The van der Waals surface area contributed by atoms with E-state index in [0.717, 1.165) is 22.5 Å². The molecule has 2 aromatic carbocycles. The average molecular weight is 364 g/mol. The number of nitrogens with one attached hydrogen (secondary N) is 1. The van der Waals surface area contributed by atoms with Crippen molar-refractivity contribution in [3.05, 3.63) is 66.5 Å². The van der Waals surface area contributed by atoms with Crippen LogP contribution in [0.4, 0.5) is 0 Å². The van der Waals surface area contributed by atoms with E-state index < -0.39 is 6.29 Å². The van der Waals surface area contributed by atoms with Crippen LogP contribution in [0.15, 0.2) is 60.7 Å². The highest BCUT2D eigenvalue weighted by atomic mass is 16.7. The first kappa shape index (κ1) is 17.9. The van der Waals surface area contributed by atoms with Gasteiger partial charge in [-0.25, -0.2) is 4.98 Å². The third-order valence-corrected chi connectivity index (χ3v) is 4.71. The first-order valence-corrected chi connectivity index (χ1v) is 9.11. The third-order valence-electron chi connectivity index (χ3n) is 4.71. The molecule has 1 saturated heterocycles. The summed E-state index contributed by atoms with van der Waals surface area (Å²) in [6, 6.07) is 20.3. The highest BCUT2D eigenvalue weighted by molar-refractivity contribution is 5.78. The van der Waals surface area contributed by atoms with E-state index in [9.17, 15) is 0 Å². The smallest absolute Gasteiger partial charge is 0.217 e. The molecule has 1 aromatic heterocycles. The Morgan fingerprint density at radius 1 is 1.00 bits per heavy atom. The Morgan fingerprint density at radius 2 is 1.59 bits per heavy atom. The highest BCUT2D eigenvalue weighted by Gasteiger charge is 2.35. The number of imidazole rings is 1. The van der Waals surface area contributed by atoms with Crippen molar-refractivity contribution < 1.29 is 14.2 Å². The normalized spacial score (nSPS) is 22.7. The van der Waals surface area contributed by atoms with Gasteiger partial charge in [0.25, 0.3) is 0 Å². The number of benzene rings is 2. The summed E-state index contributed by atoms with van der Waals surface area (Å²) in [5.41, 5.74) is 3.86. The first-order chi connectivity index (χ1) is 13.2. The second-order valence-corrected chi connectivity index (χ2v) is 7.28. The second-order valence-electron chi connectivity index (χ2n) is 7.28. The predicted molar refractivity (Wildman–Crippen MR) is 104 cm³/mol. The topological polar surface area (TPSA) is 56.4 Å². The molecule has 0 amide bonds. The van der Waals surface area contributed by atoms with E-state index in [-0.39, 0.29) is 5.41 Å². The molecule has 0 radical (unpaired) electrons. The van der Waals surface area contributed by atoms with Crippen LogP contribution in [0.1, 0.15) is 19.0 Å². The first-order valence-electron chi connectivity index (χ1n) is 9.11. The number of hydrogen-bond acceptors (Lipinski definition) is 4. The maximum absolute atomic E-state index is 5.98. The molecule has 0 spiro atoms. The van der Waals surface area contributed by atoms with Crippen LogP contribution in [0.5, 0.6) is 0 Å². The van der Waals surface area contributed by atoms with E-state index in [1.54, 1.807) is 7.11 Å². The number of nitrogens with zero attached hydrogens (tertiary/aromatic N) is 1. The molecule has 140 valence electrons. The predicted octanol–water partition coefficient (Wildman–Crippen LogP) is 4.44. The molecule has 0 saturated carbocycles. The molecule has 0 unspecified atom stereocenters. The molecule has 1 aliphatic rings. The van der Waals surface area contributed by atoms with Gasteiger partial charge in [0.2, 0.25) is 6.29 Å². The van der Waals surface area contributed by atoms with Crippen molar-refractivity contribution in [1.29, 1.82) is 0 Å². The van der Waals surface area contributed by atoms with Gasteiger partial charge in [0.05, 0.1) is 31.2 Å². The van der Waals surface area contributed by atoms with Crippen molar-refractivity contribution >= 4 is 0 Å². The van der Waals surface area contributed by atoms with Crippen molar-refractivity contribution in [2.24, 2.45) is 5.41 Å². The zero-order valence-electron chi connectivity index (χ0n) is 15.6. The molecule has 3 aromatic rings. The van der Waals surface area contributed by atoms with Crippen molar-refractivity contribution in [1.82, 2.24) is 9.97 Å². The SMILES string of the molecule is COC[C@]1(C)CO[C@@H](c2nc(-c3ccccc3)c(-c3ccccc3)[nH]2)OC1. The van der Waals surface area contributed by atoms with E-state index in [1.165, 1.54) is 0 Å². The van der Waals surface area contributed by atoms with Crippen LogP contribution in [0, 0.1) is 5.41 Å². The second kappa shape index (κ2) is 7.64.